The maximum absolute atomic E-state index is 12.4. The first kappa shape index (κ1) is 15.7. The van der Waals surface area contributed by atoms with E-state index in [9.17, 15) is 13.2 Å². The maximum atomic E-state index is 12.4. The van der Waals surface area contributed by atoms with Crippen molar-refractivity contribution in [3.8, 4) is 0 Å². The van der Waals surface area contributed by atoms with E-state index in [1.54, 1.807) is 6.92 Å². The molecular formula is C12H10Cl3F3N2. The predicted octanol–water partition coefficient (Wildman–Crippen LogP) is 5.60. The fourth-order valence-electron chi connectivity index (χ4n) is 1.92. The molecule has 0 N–H and O–H groups in total. The van der Waals surface area contributed by atoms with Crippen LogP contribution in [0.2, 0.25) is 10.0 Å². The van der Waals surface area contributed by atoms with E-state index in [2.05, 4.69) is 4.98 Å². The molecule has 0 aliphatic heterocycles. The van der Waals surface area contributed by atoms with Gasteiger partial charge in [-0.1, -0.05) is 23.2 Å². The number of halogens is 6. The van der Waals surface area contributed by atoms with Gasteiger partial charge in [-0.15, -0.1) is 11.6 Å². The van der Waals surface area contributed by atoms with E-state index in [0.717, 1.165) is 0 Å². The molecule has 0 aliphatic rings. The van der Waals surface area contributed by atoms with Gasteiger partial charge >= 0.3 is 6.18 Å². The lowest BCUT2D eigenvalue weighted by atomic mass is 10.3. The lowest BCUT2D eigenvalue weighted by Gasteiger charge is -2.12. The molecule has 0 bridgehead atoms. The summed E-state index contributed by atoms with van der Waals surface area (Å²) in [6.45, 7) is 1.39. The number of aromatic nitrogens is 2. The minimum Gasteiger partial charge on any atom is -0.326 e. The topological polar surface area (TPSA) is 17.8 Å². The van der Waals surface area contributed by atoms with Crippen molar-refractivity contribution in [3.63, 3.8) is 0 Å². The summed E-state index contributed by atoms with van der Waals surface area (Å²) in [6.07, 6.45) is -5.21. The Morgan fingerprint density at radius 1 is 1.25 bits per heavy atom. The van der Waals surface area contributed by atoms with Crippen molar-refractivity contribution in [2.75, 3.05) is 0 Å². The van der Waals surface area contributed by atoms with Crippen LogP contribution >= 0.6 is 34.8 Å². The van der Waals surface area contributed by atoms with Crippen LogP contribution in [0.4, 0.5) is 13.2 Å². The zero-order valence-electron chi connectivity index (χ0n) is 10.3. The average molecular weight is 346 g/mol. The van der Waals surface area contributed by atoms with Crippen molar-refractivity contribution in [3.05, 3.63) is 28.0 Å². The summed E-state index contributed by atoms with van der Waals surface area (Å²) in [5.41, 5.74) is 0.968. The monoisotopic (exact) mass is 344 g/mol. The Balaban J connectivity index is 2.53. The zero-order valence-corrected chi connectivity index (χ0v) is 12.6. The van der Waals surface area contributed by atoms with Crippen LogP contribution in [-0.4, -0.2) is 15.7 Å². The highest BCUT2D eigenvalue weighted by molar-refractivity contribution is 6.42. The molecule has 2 nitrogen and oxygen atoms in total. The summed E-state index contributed by atoms with van der Waals surface area (Å²) in [5, 5.41) is 0.0442. The van der Waals surface area contributed by atoms with Gasteiger partial charge in [-0.25, -0.2) is 4.98 Å². The largest absolute Gasteiger partial charge is 0.390 e. The number of rotatable bonds is 3. The number of imidazole rings is 1. The molecule has 2 aromatic rings. The first-order valence-corrected chi connectivity index (χ1v) is 6.94. The van der Waals surface area contributed by atoms with Gasteiger partial charge in [0.2, 0.25) is 0 Å². The summed E-state index contributed by atoms with van der Waals surface area (Å²) >= 11 is 17.8. The quantitative estimate of drug-likeness (QED) is 0.663. The van der Waals surface area contributed by atoms with E-state index in [4.69, 9.17) is 34.8 Å². The van der Waals surface area contributed by atoms with Crippen molar-refractivity contribution in [2.24, 2.45) is 0 Å². The van der Waals surface area contributed by atoms with Crippen LogP contribution in [0.25, 0.3) is 11.0 Å². The zero-order chi connectivity index (χ0) is 15.1. The van der Waals surface area contributed by atoms with Crippen LogP contribution in [0.3, 0.4) is 0 Å². The van der Waals surface area contributed by atoms with Gasteiger partial charge in [0.15, 0.2) is 0 Å². The highest BCUT2D eigenvalue weighted by atomic mass is 35.5. The van der Waals surface area contributed by atoms with Crippen molar-refractivity contribution in [1.82, 2.24) is 9.55 Å². The first-order chi connectivity index (χ1) is 9.19. The van der Waals surface area contributed by atoms with E-state index in [1.165, 1.54) is 16.7 Å². The normalized spacial score (nSPS) is 13.9. The number of nitrogens with zero attached hydrogens (tertiary/aromatic N) is 2. The molecule has 20 heavy (non-hydrogen) atoms. The van der Waals surface area contributed by atoms with Gasteiger partial charge < -0.3 is 4.57 Å². The Labute approximate surface area is 128 Å². The van der Waals surface area contributed by atoms with Gasteiger partial charge in [0.1, 0.15) is 5.82 Å². The third-order valence-corrected chi connectivity index (χ3v) is 3.71. The Morgan fingerprint density at radius 2 is 1.85 bits per heavy atom. The Hall–Kier alpha value is -0.650. The molecule has 110 valence electrons. The fourth-order valence-corrected chi connectivity index (χ4v) is 2.40. The molecule has 1 atom stereocenters. The highest BCUT2D eigenvalue weighted by Crippen LogP contribution is 2.32. The van der Waals surface area contributed by atoms with E-state index in [-0.39, 0.29) is 11.6 Å². The minimum atomic E-state index is -4.25. The Kier molecular flexibility index (Phi) is 4.42. The smallest absolute Gasteiger partial charge is 0.326 e. The average Bonchev–Trinajstić information content (AvgIpc) is 2.64. The lowest BCUT2D eigenvalue weighted by molar-refractivity contribution is -0.136. The molecule has 0 aliphatic carbocycles. The molecule has 2 rings (SSSR count). The molecule has 1 heterocycles. The number of hydrogen-bond donors (Lipinski definition) is 0. The van der Waals surface area contributed by atoms with Gasteiger partial charge in [0.05, 0.1) is 32.9 Å². The van der Waals surface area contributed by atoms with Crippen LogP contribution in [-0.2, 0) is 6.54 Å². The van der Waals surface area contributed by atoms with E-state index < -0.39 is 18.0 Å². The molecule has 0 saturated carbocycles. The van der Waals surface area contributed by atoms with Crippen molar-refractivity contribution < 1.29 is 13.2 Å². The maximum Gasteiger partial charge on any atom is 0.390 e. The number of hydrogen-bond acceptors (Lipinski definition) is 1. The van der Waals surface area contributed by atoms with Gasteiger partial charge in [0.25, 0.3) is 0 Å². The molecular weight excluding hydrogens is 335 g/mol. The third kappa shape index (κ3) is 3.32. The van der Waals surface area contributed by atoms with Gasteiger partial charge in [0, 0.05) is 6.54 Å². The van der Waals surface area contributed by atoms with Crippen molar-refractivity contribution >= 4 is 45.8 Å². The van der Waals surface area contributed by atoms with Crippen molar-refractivity contribution in [1.29, 1.82) is 0 Å². The fraction of sp³-hybridized carbons (Fsp3) is 0.417. The van der Waals surface area contributed by atoms with Gasteiger partial charge in [-0.2, -0.15) is 13.2 Å². The molecule has 1 aromatic heterocycles. The van der Waals surface area contributed by atoms with Crippen LogP contribution in [0, 0.1) is 0 Å². The number of alkyl halides is 4. The highest BCUT2D eigenvalue weighted by Gasteiger charge is 2.28. The van der Waals surface area contributed by atoms with Crippen LogP contribution < -0.4 is 0 Å². The van der Waals surface area contributed by atoms with E-state index in [1.807, 2.05) is 0 Å². The van der Waals surface area contributed by atoms with Gasteiger partial charge in [-0.3, -0.25) is 0 Å². The number of aryl methyl sites for hydroxylation is 1. The summed E-state index contributed by atoms with van der Waals surface area (Å²) in [7, 11) is 0. The van der Waals surface area contributed by atoms with E-state index in [0.29, 0.717) is 21.9 Å². The molecule has 0 saturated heterocycles. The lowest BCUT2D eigenvalue weighted by Crippen LogP contribution is -2.14. The molecule has 1 aromatic carbocycles. The second kappa shape index (κ2) is 5.62. The van der Waals surface area contributed by atoms with Crippen LogP contribution in [0.1, 0.15) is 24.5 Å². The first-order valence-electron chi connectivity index (χ1n) is 5.75. The van der Waals surface area contributed by atoms with Crippen LogP contribution in [0.15, 0.2) is 12.1 Å². The third-order valence-electron chi connectivity index (χ3n) is 2.79. The standard InChI is InChI=1S/C12H10Cl3F3N2/c1-6(13)11-19-9-4-7(14)8(15)5-10(9)20(11)3-2-12(16,17)18/h4-6H,2-3H2,1H3. The second-order valence-corrected chi connectivity index (χ2v) is 5.83. The van der Waals surface area contributed by atoms with Crippen LogP contribution in [0.5, 0.6) is 0 Å². The molecule has 0 fully saturated rings. The summed E-state index contributed by atoms with van der Waals surface area (Å²) < 4.78 is 38.7. The Bertz CT molecular complexity index is 635. The minimum absolute atomic E-state index is 0.260. The van der Waals surface area contributed by atoms with E-state index >= 15 is 0 Å². The SMILES string of the molecule is CC(Cl)c1nc2cc(Cl)c(Cl)cc2n1CCC(F)(F)F. The molecule has 0 spiro atoms. The summed E-state index contributed by atoms with van der Waals surface area (Å²) in [5.74, 6) is 0.365. The summed E-state index contributed by atoms with van der Waals surface area (Å²) in [4.78, 5) is 4.24. The van der Waals surface area contributed by atoms with Gasteiger partial charge in [-0.05, 0) is 19.1 Å². The number of fused-ring (bicyclic) bond motifs is 1. The Morgan fingerprint density at radius 3 is 2.40 bits per heavy atom. The molecule has 8 heteroatoms. The second-order valence-electron chi connectivity index (χ2n) is 4.36. The predicted molar refractivity (Wildman–Crippen MR) is 74.7 cm³/mol. The number of benzene rings is 1. The molecule has 0 radical (unpaired) electrons. The molecule has 1 unspecified atom stereocenters. The summed E-state index contributed by atoms with van der Waals surface area (Å²) in [6, 6.07) is 3.03. The molecule has 0 amide bonds. The van der Waals surface area contributed by atoms with Crippen molar-refractivity contribution in [2.45, 2.75) is 31.4 Å².